The number of nitrogens with zero attached hydrogens (tertiary/aromatic N) is 2. The number of nitrogens with two attached hydrogens (primary N) is 1. The number of alkyl halides is 2. The van der Waals surface area contributed by atoms with E-state index in [9.17, 15) is 8.78 Å². The molecule has 1 aliphatic carbocycles. The molecule has 2 heterocycles. The first kappa shape index (κ1) is 10.7. The van der Waals surface area contributed by atoms with Crippen LogP contribution >= 0.6 is 0 Å². The molecule has 0 bridgehead atoms. The highest BCUT2D eigenvalue weighted by atomic mass is 19.3. The average molecular weight is 239 g/mol. The fourth-order valence-corrected chi connectivity index (χ4v) is 2.81. The Hall–Kier alpha value is -1.39. The molecule has 92 valence electrons. The second kappa shape index (κ2) is 3.31. The van der Waals surface area contributed by atoms with Crippen LogP contribution in [0.4, 0.5) is 20.3 Å². The SMILES string of the molecule is Nc1cccnc1N1CCCC2(C1)CC2(F)F. The van der Waals surface area contributed by atoms with E-state index in [0.29, 0.717) is 24.5 Å². The molecule has 0 amide bonds. The van der Waals surface area contributed by atoms with Crippen LogP contribution in [0, 0.1) is 5.41 Å². The summed E-state index contributed by atoms with van der Waals surface area (Å²) in [5.74, 6) is -1.84. The molecule has 2 N–H and O–H groups in total. The van der Waals surface area contributed by atoms with Crippen molar-refractivity contribution >= 4 is 11.5 Å². The van der Waals surface area contributed by atoms with Crippen LogP contribution in [0.15, 0.2) is 18.3 Å². The highest BCUT2D eigenvalue weighted by Gasteiger charge is 2.71. The van der Waals surface area contributed by atoms with Crippen molar-refractivity contribution in [2.75, 3.05) is 23.7 Å². The molecule has 17 heavy (non-hydrogen) atoms. The summed E-state index contributed by atoms with van der Waals surface area (Å²) in [5, 5.41) is 0. The van der Waals surface area contributed by atoms with Crippen LogP contribution < -0.4 is 10.6 Å². The Morgan fingerprint density at radius 1 is 1.41 bits per heavy atom. The van der Waals surface area contributed by atoms with Crippen LogP contribution in [0.25, 0.3) is 0 Å². The van der Waals surface area contributed by atoms with E-state index < -0.39 is 11.3 Å². The summed E-state index contributed by atoms with van der Waals surface area (Å²) < 4.78 is 26.8. The molecule has 2 aliphatic rings. The molecule has 3 rings (SSSR count). The topological polar surface area (TPSA) is 42.1 Å². The van der Waals surface area contributed by atoms with Crippen molar-refractivity contribution in [2.24, 2.45) is 5.41 Å². The quantitative estimate of drug-likeness (QED) is 0.817. The highest BCUT2D eigenvalue weighted by Crippen LogP contribution is 2.64. The van der Waals surface area contributed by atoms with Gasteiger partial charge >= 0.3 is 0 Å². The zero-order chi connectivity index (χ0) is 12.1. The maximum Gasteiger partial charge on any atom is 0.256 e. The van der Waals surface area contributed by atoms with Crippen molar-refractivity contribution < 1.29 is 8.78 Å². The summed E-state index contributed by atoms with van der Waals surface area (Å²) in [5.41, 5.74) is 5.59. The van der Waals surface area contributed by atoms with Gasteiger partial charge in [0.1, 0.15) is 0 Å². The normalized spacial score (nSPS) is 30.6. The number of hydrogen-bond donors (Lipinski definition) is 1. The Labute approximate surface area is 98.6 Å². The van der Waals surface area contributed by atoms with Gasteiger partial charge in [0.15, 0.2) is 5.82 Å². The second-order valence-electron chi connectivity index (χ2n) is 5.10. The molecule has 1 spiro atoms. The number of aromatic nitrogens is 1. The predicted octanol–water partition coefficient (Wildman–Crippen LogP) is 2.29. The van der Waals surface area contributed by atoms with E-state index in [0.717, 1.165) is 13.0 Å². The average Bonchev–Trinajstić information content (AvgIpc) is 2.79. The Morgan fingerprint density at radius 3 is 2.82 bits per heavy atom. The largest absolute Gasteiger partial charge is 0.396 e. The number of rotatable bonds is 1. The van der Waals surface area contributed by atoms with Crippen LogP contribution in [0.1, 0.15) is 19.3 Å². The lowest BCUT2D eigenvalue weighted by Gasteiger charge is -2.34. The number of nitrogen functional groups attached to an aromatic ring is 1. The lowest BCUT2D eigenvalue weighted by atomic mass is 9.94. The van der Waals surface area contributed by atoms with Gasteiger partial charge in [-0.15, -0.1) is 0 Å². The fraction of sp³-hybridized carbons (Fsp3) is 0.583. The summed E-state index contributed by atoms with van der Waals surface area (Å²) >= 11 is 0. The minimum Gasteiger partial charge on any atom is -0.396 e. The Kier molecular flexibility index (Phi) is 2.09. The van der Waals surface area contributed by atoms with E-state index in [1.807, 2.05) is 4.90 Å². The van der Waals surface area contributed by atoms with Crippen LogP contribution in [0.3, 0.4) is 0 Å². The summed E-state index contributed by atoms with van der Waals surface area (Å²) in [7, 11) is 0. The van der Waals surface area contributed by atoms with E-state index in [4.69, 9.17) is 5.73 Å². The summed E-state index contributed by atoms with van der Waals surface area (Å²) in [6.07, 6.45) is 3.07. The second-order valence-corrected chi connectivity index (χ2v) is 5.10. The smallest absolute Gasteiger partial charge is 0.256 e. The molecule has 1 atom stereocenters. The molecule has 2 fully saturated rings. The number of halogens is 2. The van der Waals surface area contributed by atoms with Crippen molar-refractivity contribution in [3.8, 4) is 0 Å². The minimum absolute atomic E-state index is 0.0171. The molecule has 1 aliphatic heterocycles. The van der Waals surface area contributed by atoms with Gasteiger partial charge in [-0.1, -0.05) is 0 Å². The summed E-state index contributed by atoms with van der Waals surface area (Å²) in [6, 6.07) is 3.51. The number of piperidine rings is 1. The lowest BCUT2D eigenvalue weighted by molar-refractivity contribution is 0.0575. The van der Waals surface area contributed by atoms with Gasteiger partial charge in [0.25, 0.3) is 5.92 Å². The van der Waals surface area contributed by atoms with Gasteiger partial charge < -0.3 is 10.6 Å². The number of hydrogen-bond acceptors (Lipinski definition) is 3. The molecular formula is C12H15F2N3. The molecule has 1 aromatic heterocycles. The first-order valence-electron chi connectivity index (χ1n) is 5.87. The van der Waals surface area contributed by atoms with E-state index in [2.05, 4.69) is 4.98 Å². The molecule has 5 heteroatoms. The third-order valence-corrected chi connectivity index (χ3v) is 3.90. The Morgan fingerprint density at radius 2 is 2.18 bits per heavy atom. The number of pyridine rings is 1. The van der Waals surface area contributed by atoms with Crippen molar-refractivity contribution in [1.82, 2.24) is 4.98 Å². The molecule has 3 nitrogen and oxygen atoms in total. The zero-order valence-electron chi connectivity index (χ0n) is 9.50. The molecule has 1 saturated heterocycles. The highest BCUT2D eigenvalue weighted by molar-refractivity contribution is 5.62. The third-order valence-electron chi connectivity index (χ3n) is 3.90. The minimum atomic E-state index is -2.49. The van der Waals surface area contributed by atoms with Gasteiger partial charge in [-0.05, 0) is 25.0 Å². The summed E-state index contributed by atoms with van der Waals surface area (Å²) in [4.78, 5) is 6.10. The van der Waals surface area contributed by atoms with Crippen molar-refractivity contribution in [3.05, 3.63) is 18.3 Å². The first-order valence-corrected chi connectivity index (χ1v) is 5.87. The van der Waals surface area contributed by atoms with Gasteiger partial charge in [0.05, 0.1) is 11.1 Å². The Balaban J connectivity index is 1.84. The standard InChI is InChI=1S/C12H15F2N3/c13-12(14)7-11(12)4-2-6-17(8-11)10-9(15)3-1-5-16-10/h1,3,5H,2,4,6-8,15H2. The van der Waals surface area contributed by atoms with Crippen LogP contribution in [-0.4, -0.2) is 24.0 Å². The monoisotopic (exact) mass is 239 g/mol. The van der Waals surface area contributed by atoms with Crippen molar-refractivity contribution in [3.63, 3.8) is 0 Å². The number of anilines is 2. The summed E-state index contributed by atoms with van der Waals surface area (Å²) in [6.45, 7) is 1.14. The van der Waals surface area contributed by atoms with Crippen LogP contribution in [0.5, 0.6) is 0 Å². The molecule has 1 saturated carbocycles. The van der Waals surface area contributed by atoms with Crippen LogP contribution in [0.2, 0.25) is 0 Å². The van der Waals surface area contributed by atoms with E-state index >= 15 is 0 Å². The van der Waals surface area contributed by atoms with Gasteiger partial charge in [0.2, 0.25) is 0 Å². The first-order chi connectivity index (χ1) is 8.04. The molecule has 0 aromatic carbocycles. The van der Waals surface area contributed by atoms with Gasteiger partial charge in [-0.2, -0.15) is 0 Å². The lowest BCUT2D eigenvalue weighted by Crippen LogP contribution is -2.39. The Bertz CT molecular complexity index is 449. The van der Waals surface area contributed by atoms with E-state index in [1.165, 1.54) is 0 Å². The third kappa shape index (κ3) is 1.56. The molecule has 0 radical (unpaired) electrons. The molecular weight excluding hydrogens is 224 g/mol. The maximum atomic E-state index is 13.4. The zero-order valence-corrected chi connectivity index (χ0v) is 9.50. The van der Waals surface area contributed by atoms with Crippen LogP contribution in [-0.2, 0) is 0 Å². The van der Waals surface area contributed by atoms with Gasteiger partial charge in [-0.25, -0.2) is 13.8 Å². The van der Waals surface area contributed by atoms with E-state index in [-0.39, 0.29) is 6.42 Å². The van der Waals surface area contributed by atoms with E-state index in [1.54, 1.807) is 18.3 Å². The van der Waals surface area contributed by atoms with Crippen molar-refractivity contribution in [2.45, 2.75) is 25.2 Å². The maximum absolute atomic E-state index is 13.4. The van der Waals surface area contributed by atoms with Gasteiger partial charge in [-0.3, -0.25) is 0 Å². The molecule has 1 unspecified atom stereocenters. The predicted molar refractivity (Wildman–Crippen MR) is 62.1 cm³/mol. The molecule has 1 aromatic rings. The fourth-order valence-electron chi connectivity index (χ4n) is 2.81. The van der Waals surface area contributed by atoms with Gasteiger partial charge in [0, 0.05) is 25.7 Å². The van der Waals surface area contributed by atoms with Crippen molar-refractivity contribution in [1.29, 1.82) is 0 Å².